The van der Waals surface area contributed by atoms with Gasteiger partial charge >= 0.3 is 0 Å². The Kier molecular flexibility index (Phi) is 5.72. The third kappa shape index (κ3) is 4.16. The second-order valence-electron chi connectivity index (χ2n) is 8.03. The number of fused-ring (bicyclic) bond motifs is 1. The summed E-state index contributed by atoms with van der Waals surface area (Å²) in [7, 11) is 0. The van der Waals surface area contributed by atoms with Crippen LogP contribution in [0.4, 0.5) is 4.39 Å². The van der Waals surface area contributed by atoms with Gasteiger partial charge in [-0.05, 0) is 37.0 Å². The molecule has 4 rings (SSSR count). The summed E-state index contributed by atoms with van der Waals surface area (Å²) >= 11 is 0. The maximum absolute atomic E-state index is 13.2. The van der Waals surface area contributed by atoms with E-state index in [4.69, 9.17) is 5.73 Å². The van der Waals surface area contributed by atoms with Crippen molar-refractivity contribution in [1.29, 1.82) is 0 Å². The van der Waals surface area contributed by atoms with Crippen LogP contribution in [0, 0.1) is 11.7 Å². The number of benzene rings is 1. The third-order valence-corrected chi connectivity index (χ3v) is 6.16. The number of nitrogens with zero attached hydrogens (tertiary/aromatic N) is 3. The van der Waals surface area contributed by atoms with Crippen molar-refractivity contribution >= 4 is 17.7 Å². The van der Waals surface area contributed by atoms with E-state index in [1.807, 2.05) is 0 Å². The van der Waals surface area contributed by atoms with Crippen LogP contribution < -0.4 is 11.2 Å². The zero-order chi connectivity index (χ0) is 21.3. The second kappa shape index (κ2) is 8.43. The van der Waals surface area contributed by atoms with Crippen molar-refractivity contribution < 1.29 is 18.8 Å². The average Bonchev–Trinajstić information content (AvgIpc) is 3.19. The predicted molar refractivity (Wildman–Crippen MR) is 106 cm³/mol. The van der Waals surface area contributed by atoms with Crippen LogP contribution in [0.1, 0.15) is 37.3 Å². The number of likely N-dealkylation sites (tertiary alicyclic amines) is 1. The number of hydrogen-bond acceptors (Lipinski definition) is 5. The minimum absolute atomic E-state index is 0.0183. The van der Waals surface area contributed by atoms with Crippen molar-refractivity contribution in [2.24, 2.45) is 11.7 Å². The monoisotopic (exact) mass is 415 g/mol. The van der Waals surface area contributed by atoms with Gasteiger partial charge in [0.2, 0.25) is 11.8 Å². The quantitative estimate of drug-likeness (QED) is 0.744. The molecule has 3 aliphatic heterocycles. The number of carbonyl (C=O) groups excluding carboxylic acids is 3. The van der Waals surface area contributed by atoms with Crippen LogP contribution in [-0.2, 0) is 14.4 Å². The number of halogens is 1. The molecule has 0 aliphatic carbocycles. The molecule has 0 radical (unpaired) electrons. The van der Waals surface area contributed by atoms with Crippen LogP contribution in [0.25, 0.3) is 0 Å². The van der Waals surface area contributed by atoms with Crippen LogP contribution in [0.15, 0.2) is 36.7 Å². The van der Waals surface area contributed by atoms with E-state index in [1.165, 1.54) is 12.1 Å². The Hall–Kier alpha value is -2.94. The van der Waals surface area contributed by atoms with Crippen LogP contribution >= 0.6 is 0 Å². The highest BCUT2D eigenvalue weighted by molar-refractivity contribution is 5.85. The van der Waals surface area contributed by atoms with Crippen molar-refractivity contribution in [3.05, 3.63) is 48.0 Å². The molecular formula is C21H26FN5O3. The molecule has 3 heterocycles. The van der Waals surface area contributed by atoms with Gasteiger partial charge in [0.1, 0.15) is 11.9 Å². The number of nitrogens with one attached hydrogen (secondary N) is 1. The minimum atomic E-state index is -0.355. The zero-order valence-electron chi connectivity index (χ0n) is 16.7. The molecule has 3 amide bonds. The van der Waals surface area contributed by atoms with Gasteiger partial charge < -0.3 is 20.5 Å². The largest absolute Gasteiger partial charge is 0.369 e. The van der Waals surface area contributed by atoms with Gasteiger partial charge in [-0.25, -0.2) is 9.82 Å². The van der Waals surface area contributed by atoms with E-state index in [9.17, 15) is 18.8 Å². The molecule has 3 aliphatic rings. The topological polar surface area (TPSA) is 99.0 Å². The van der Waals surface area contributed by atoms with Crippen molar-refractivity contribution in [3.8, 4) is 0 Å². The molecular weight excluding hydrogens is 389 g/mol. The summed E-state index contributed by atoms with van der Waals surface area (Å²) in [6, 6.07) is 5.84. The number of hydrazine groups is 1. The number of hydrogen-bond donors (Lipinski definition) is 2. The van der Waals surface area contributed by atoms with Gasteiger partial charge in [0.15, 0.2) is 0 Å². The van der Waals surface area contributed by atoms with E-state index >= 15 is 0 Å². The molecule has 0 aromatic heterocycles. The highest BCUT2D eigenvalue weighted by atomic mass is 19.1. The van der Waals surface area contributed by atoms with Gasteiger partial charge in [-0.15, -0.1) is 0 Å². The lowest BCUT2D eigenvalue weighted by atomic mass is 9.96. The van der Waals surface area contributed by atoms with Gasteiger partial charge in [-0.3, -0.25) is 14.4 Å². The molecule has 2 fully saturated rings. The first-order valence-corrected chi connectivity index (χ1v) is 10.3. The van der Waals surface area contributed by atoms with Crippen molar-refractivity contribution in [2.75, 3.05) is 19.6 Å². The molecule has 1 aromatic rings. The molecule has 2 unspecified atom stereocenters. The van der Waals surface area contributed by atoms with E-state index < -0.39 is 0 Å². The van der Waals surface area contributed by atoms with E-state index in [0.717, 1.165) is 5.56 Å². The van der Waals surface area contributed by atoms with Gasteiger partial charge in [0.05, 0.1) is 6.04 Å². The molecule has 2 saturated heterocycles. The number of amides is 3. The molecule has 9 heteroatoms. The van der Waals surface area contributed by atoms with E-state index in [0.29, 0.717) is 38.9 Å². The molecule has 0 bridgehead atoms. The summed E-state index contributed by atoms with van der Waals surface area (Å²) < 4.78 is 13.2. The second-order valence-corrected chi connectivity index (χ2v) is 8.03. The van der Waals surface area contributed by atoms with Crippen molar-refractivity contribution in [3.63, 3.8) is 0 Å². The number of primary amides is 1. The first kappa shape index (κ1) is 20.3. The summed E-state index contributed by atoms with van der Waals surface area (Å²) in [6.45, 7) is 1.36. The lowest BCUT2D eigenvalue weighted by Gasteiger charge is -2.33. The van der Waals surface area contributed by atoms with Crippen LogP contribution in [0.3, 0.4) is 0 Å². The fourth-order valence-electron chi connectivity index (χ4n) is 4.32. The van der Waals surface area contributed by atoms with Gasteiger partial charge in [-0.1, -0.05) is 12.1 Å². The fraction of sp³-hybridized carbons (Fsp3) is 0.476. The molecule has 0 spiro atoms. The smallest absolute Gasteiger partial charge is 0.250 e. The number of piperidine rings is 1. The Labute approximate surface area is 174 Å². The maximum atomic E-state index is 13.2. The molecule has 2 atom stereocenters. The number of carbonyl (C=O) groups is 3. The first-order valence-electron chi connectivity index (χ1n) is 10.3. The zero-order valence-corrected chi connectivity index (χ0v) is 16.7. The highest BCUT2D eigenvalue weighted by Gasteiger charge is 2.40. The minimum Gasteiger partial charge on any atom is -0.369 e. The first-order chi connectivity index (χ1) is 14.4. The Morgan fingerprint density at radius 1 is 1.13 bits per heavy atom. The van der Waals surface area contributed by atoms with Crippen molar-refractivity contribution in [1.82, 2.24) is 20.2 Å². The van der Waals surface area contributed by atoms with Crippen LogP contribution in [-0.4, -0.2) is 58.2 Å². The number of nitrogens with two attached hydrogens (primary N) is 1. The number of rotatable bonds is 5. The third-order valence-electron chi connectivity index (χ3n) is 6.16. The van der Waals surface area contributed by atoms with E-state index in [2.05, 4.69) is 5.43 Å². The normalized spacial score (nSPS) is 24.3. The van der Waals surface area contributed by atoms with Gasteiger partial charge in [0.25, 0.3) is 5.91 Å². The Bertz CT molecular complexity index is 851. The molecule has 1 aromatic carbocycles. The Morgan fingerprint density at radius 2 is 1.83 bits per heavy atom. The lowest BCUT2D eigenvalue weighted by Crippen LogP contribution is -2.49. The van der Waals surface area contributed by atoms with E-state index in [1.54, 1.807) is 39.3 Å². The Morgan fingerprint density at radius 3 is 2.50 bits per heavy atom. The van der Waals surface area contributed by atoms with Crippen molar-refractivity contribution in [2.45, 2.75) is 37.8 Å². The SMILES string of the molecule is NC(=O)C1CCN(C(=O)CCN2C=CN3NC(c4ccc(F)cc4)CC3C2=O)CC1. The highest BCUT2D eigenvalue weighted by Crippen LogP contribution is 2.31. The summed E-state index contributed by atoms with van der Waals surface area (Å²) in [4.78, 5) is 40.0. The average molecular weight is 415 g/mol. The van der Waals surface area contributed by atoms with Crippen LogP contribution in [0.2, 0.25) is 0 Å². The molecule has 30 heavy (non-hydrogen) atoms. The molecule has 160 valence electrons. The van der Waals surface area contributed by atoms with Gasteiger partial charge in [-0.2, -0.15) is 0 Å². The van der Waals surface area contributed by atoms with E-state index in [-0.39, 0.29) is 48.0 Å². The standard InChI is InChI=1S/C21H26FN5O3/c22-16-3-1-14(2-4-16)17-13-18-21(30)26(11-12-27(18)24-17)10-7-19(28)25-8-5-15(6-9-25)20(23)29/h1-4,11-12,15,17-18,24H,5-10,13H2,(H2,23,29). The summed E-state index contributed by atoms with van der Waals surface area (Å²) in [5.41, 5.74) is 9.53. The van der Waals surface area contributed by atoms with Crippen LogP contribution in [0.5, 0.6) is 0 Å². The summed E-state index contributed by atoms with van der Waals surface area (Å²) in [5.74, 6) is -0.833. The summed E-state index contributed by atoms with van der Waals surface area (Å²) in [6.07, 6.45) is 5.48. The molecule has 0 saturated carbocycles. The predicted octanol–water partition coefficient (Wildman–Crippen LogP) is 0.873. The maximum Gasteiger partial charge on any atom is 0.250 e. The lowest BCUT2D eigenvalue weighted by molar-refractivity contribution is -0.137. The molecule has 8 nitrogen and oxygen atoms in total. The molecule has 3 N–H and O–H groups in total. The Balaban J connectivity index is 1.29. The van der Waals surface area contributed by atoms with Gasteiger partial charge in [0, 0.05) is 44.4 Å². The summed E-state index contributed by atoms with van der Waals surface area (Å²) in [5, 5.41) is 1.78. The fourth-order valence-corrected chi connectivity index (χ4v) is 4.32.